The number of halogens is 1. The smallest absolute Gasteiger partial charge is 0.0577 e. The molecule has 1 fully saturated rings. The van der Waals surface area contributed by atoms with E-state index in [1.165, 1.54) is 41.5 Å². The first-order valence-corrected chi connectivity index (χ1v) is 8.51. The Balaban J connectivity index is 1.95. The van der Waals surface area contributed by atoms with E-state index in [4.69, 9.17) is 0 Å². The molecule has 1 atom stereocenters. The Kier molecular flexibility index (Phi) is 4.46. The summed E-state index contributed by atoms with van der Waals surface area (Å²) in [5.41, 5.74) is 5.55. The summed E-state index contributed by atoms with van der Waals surface area (Å²) in [6.07, 6.45) is 4.09. The molecule has 110 valence electrons. The highest BCUT2D eigenvalue weighted by Crippen LogP contribution is 2.37. The van der Waals surface area contributed by atoms with Gasteiger partial charge in [0.1, 0.15) is 0 Å². The average molecular weight is 344 g/mol. The number of rotatable bonds is 4. The maximum atomic E-state index is 3.55. The van der Waals surface area contributed by atoms with Gasteiger partial charge in [-0.05, 0) is 67.1 Å². The summed E-state index contributed by atoms with van der Waals surface area (Å²) >= 11 is 3.55. The van der Waals surface area contributed by atoms with Gasteiger partial charge in [-0.2, -0.15) is 0 Å². The van der Waals surface area contributed by atoms with Crippen LogP contribution in [-0.2, 0) is 0 Å². The van der Waals surface area contributed by atoms with Crippen LogP contribution in [0.2, 0.25) is 0 Å². The molecule has 0 amide bonds. The first-order chi connectivity index (χ1) is 10.2. The third-order valence-corrected chi connectivity index (χ3v) is 5.15. The number of aryl methyl sites for hydroxylation is 1. The third-order valence-electron chi connectivity index (χ3n) is 4.65. The standard InChI is InChI=1S/C19H22BrN/c1-13-11-17(20)9-10-18(13)19(21-2)16-8-4-7-15(12-16)14-5-3-6-14/h4,7-12,14,19,21H,3,5-6H2,1-2H3. The maximum absolute atomic E-state index is 3.55. The quantitative estimate of drug-likeness (QED) is 0.790. The van der Waals surface area contributed by atoms with Crippen molar-refractivity contribution in [2.75, 3.05) is 7.05 Å². The molecule has 2 heteroatoms. The van der Waals surface area contributed by atoms with Gasteiger partial charge in [0.2, 0.25) is 0 Å². The monoisotopic (exact) mass is 343 g/mol. The molecular formula is C19H22BrN. The summed E-state index contributed by atoms with van der Waals surface area (Å²) in [5.74, 6) is 0.786. The lowest BCUT2D eigenvalue weighted by Gasteiger charge is -2.27. The van der Waals surface area contributed by atoms with Crippen LogP contribution in [0.25, 0.3) is 0 Å². The van der Waals surface area contributed by atoms with E-state index in [0.29, 0.717) is 0 Å². The summed E-state index contributed by atoms with van der Waals surface area (Å²) in [6, 6.07) is 15.9. The molecule has 0 saturated heterocycles. The minimum Gasteiger partial charge on any atom is -0.309 e. The molecule has 2 aromatic carbocycles. The van der Waals surface area contributed by atoms with Crippen molar-refractivity contribution < 1.29 is 0 Å². The topological polar surface area (TPSA) is 12.0 Å². The van der Waals surface area contributed by atoms with Gasteiger partial charge in [-0.15, -0.1) is 0 Å². The molecule has 2 aromatic rings. The molecule has 0 spiro atoms. The minimum absolute atomic E-state index is 0.262. The first kappa shape index (κ1) is 14.8. The Morgan fingerprint density at radius 1 is 1.14 bits per heavy atom. The molecule has 1 aliphatic carbocycles. The van der Waals surface area contributed by atoms with Crippen molar-refractivity contribution in [3.05, 3.63) is 69.2 Å². The van der Waals surface area contributed by atoms with Crippen LogP contribution in [0.3, 0.4) is 0 Å². The second-order valence-electron chi connectivity index (χ2n) is 6.02. The highest BCUT2D eigenvalue weighted by Gasteiger charge is 2.21. The first-order valence-electron chi connectivity index (χ1n) is 7.72. The molecule has 21 heavy (non-hydrogen) atoms. The molecule has 1 N–H and O–H groups in total. The highest BCUT2D eigenvalue weighted by atomic mass is 79.9. The molecule has 0 heterocycles. The Bertz CT molecular complexity index is 631. The van der Waals surface area contributed by atoms with Gasteiger partial charge < -0.3 is 5.32 Å². The van der Waals surface area contributed by atoms with E-state index in [-0.39, 0.29) is 6.04 Å². The second kappa shape index (κ2) is 6.33. The van der Waals surface area contributed by atoms with Gasteiger partial charge in [-0.3, -0.25) is 0 Å². The molecule has 1 saturated carbocycles. The minimum atomic E-state index is 0.262. The van der Waals surface area contributed by atoms with Crippen LogP contribution in [0.5, 0.6) is 0 Å². The zero-order chi connectivity index (χ0) is 14.8. The molecular weight excluding hydrogens is 322 g/mol. The Labute approximate surface area is 135 Å². The number of hydrogen-bond donors (Lipinski definition) is 1. The van der Waals surface area contributed by atoms with Gasteiger partial charge in [0.25, 0.3) is 0 Å². The Hall–Kier alpha value is -1.12. The van der Waals surface area contributed by atoms with Gasteiger partial charge >= 0.3 is 0 Å². The van der Waals surface area contributed by atoms with Crippen molar-refractivity contribution in [3.8, 4) is 0 Å². The Morgan fingerprint density at radius 2 is 1.95 bits per heavy atom. The predicted molar refractivity (Wildman–Crippen MR) is 92.8 cm³/mol. The molecule has 1 aliphatic rings. The second-order valence-corrected chi connectivity index (χ2v) is 6.94. The van der Waals surface area contributed by atoms with Crippen molar-refractivity contribution in [2.45, 2.75) is 38.1 Å². The van der Waals surface area contributed by atoms with Gasteiger partial charge in [0.15, 0.2) is 0 Å². The highest BCUT2D eigenvalue weighted by molar-refractivity contribution is 9.10. The normalized spacial score (nSPS) is 16.5. The van der Waals surface area contributed by atoms with E-state index in [0.717, 1.165) is 10.4 Å². The van der Waals surface area contributed by atoms with Crippen LogP contribution in [0.4, 0.5) is 0 Å². The molecule has 1 unspecified atom stereocenters. The number of benzene rings is 2. The zero-order valence-corrected chi connectivity index (χ0v) is 14.3. The van der Waals surface area contributed by atoms with Gasteiger partial charge in [0, 0.05) is 4.47 Å². The van der Waals surface area contributed by atoms with Crippen LogP contribution in [-0.4, -0.2) is 7.05 Å². The summed E-state index contributed by atoms with van der Waals surface area (Å²) < 4.78 is 1.14. The zero-order valence-electron chi connectivity index (χ0n) is 12.7. The SMILES string of the molecule is CNC(c1cccc(C2CCC2)c1)c1ccc(Br)cc1C. The van der Waals surface area contributed by atoms with Gasteiger partial charge in [0.05, 0.1) is 6.04 Å². The van der Waals surface area contributed by atoms with Crippen LogP contribution in [0.15, 0.2) is 46.9 Å². The van der Waals surface area contributed by atoms with Crippen molar-refractivity contribution >= 4 is 15.9 Å². The molecule has 0 aliphatic heterocycles. The van der Waals surface area contributed by atoms with Crippen molar-refractivity contribution in [1.82, 2.24) is 5.32 Å². The Morgan fingerprint density at radius 3 is 2.57 bits per heavy atom. The van der Waals surface area contributed by atoms with E-state index in [9.17, 15) is 0 Å². The summed E-state index contributed by atoms with van der Waals surface area (Å²) in [6.45, 7) is 2.18. The van der Waals surface area contributed by atoms with Crippen LogP contribution in [0.1, 0.15) is 53.5 Å². The maximum Gasteiger partial charge on any atom is 0.0577 e. The molecule has 0 bridgehead atoms. The average Bonchev–Trinajstić information content (AvgIpc) is 2.40. The lowest BCUT2D eigenvalue weighted by Crippen LogP contribution is -2.19. The summed E-state index contributed by atoms with van der Waals surface area (Å²) in [5, 5.41) is 3.48. The van der Waals surface area contributed by atoms with E-state index >= 15 is 0 Å². The molecule has 0 aromatic heterocycles. The van der Waals surface area contributed by atoms with Gasteiger partial charge in [-0.25, -0.2) is 0 Å². The van der Waals surface area contributed by atoms with Gasteiger partial charge in [-0.1, -0.05) is 52.7 Å². The third kappa shape index (κ3) is 3.07. The van der Waals surface area contributed by atoms with Crippen LogP contribution >= 0.6 is 15.9 Å². The fraction of sp³-hybridized carbons (Fsp3) is 0.368. The fourth-order valence-corrected chi connectivity index (χ4v) is 3.67. The van der Waals surface area contributed by atoms with Crippen LogP contribution < -0.4 is 5.32 Å². The van der Waals surface area contributed by atoms with E-state index < -0.39 is 0 Å². The molecule has 1 nitrogen and oxygen atoms in total. The molecule has 0 radical (unpaired) electrons. The predicted octanol–water partition coefficient (Wildman–Crippen LogP) is 5.33. The van der Waals surface area contributed by atoms with Crippen molar-refractivity contribution in [1.29, 1.82) is 0 Å². The summed E-state index contributed by atoms with van der Waals surface area (Å²) in [4.78, 5) is 0. The lowest BCUT2D eigenvalue weighted by molar-refractivity contribution is 0.419. The number of hydrogen-bond acceptors (Lipinski definition) is 1. The largest absolute Gasteiger partial charge is 0.309 e. The molecule has 3 rings (SSSR count). The van der Waals surface area contributed by atoms with Crippen molar-refractivity contribution in [2.24, 2.45) is 0 Å². The van der Waals surface area contributed by atoms with E-state index in [1.807, 2.05) is 7.05 Å². The lowest BCUT2D eigenvalue weighted by atomic mass is 9.79. The van der Waals surface area contributed by atoms with E-state index in [1.54, 1.807) is 0 Å². The van der Waals surface area contributed by atoms with Crippen LogP contribution in [0, 0.1) is 6.92 Å². The fourth-order valence-electron chi connectivity index (χ4n) is 3.20. The van der Waals surface area contributed by atoms with E-state index in [2.05, 4.69) is 70.6 Å². The number of nitrogens with one attached hydrogen (secondary N) is 1. The van der Waals surface area contributed by atoms with Crippen molar-refractivity contribution in [3.63, 3.8) is 0 Å². The summed E-state index contributed by atoms with van der Waals surface area (Å²) in [7, 11) is 2.04.